The van der Waals surface area contributed by atoms with Crippen molar-refractivity contribution < 1.29 is 9.47 Å². The highest BCUT2D eigenvalue weighted by Gasteiger charge is 2.23. The first kappa shape index (κ1) is 12.9. The van der Waals surface area contributed by atoms with Gasteiger partial charge in [-0.05, 0) is 39.0 Å². The molecule has 0 spiro atoms. The molecule has 1 rings (SSSR count). The van der Waals surface area contributed by atoms with Crippen LogP contribution < -0.4 is 5.73 Å². The van der Waals surface area contributed by atoms with Crippen LogP contribution in [0.15, 0.2) is 0 Å². The lowest BCUT2D eigenvalue weighted by Crippen LogP contribution is -2.26. The molecule has 1 saturated carbocycles. The van der Waals surface area contributed by atoms with Gasteiger partial charge in [0.1, 0.15) is 0 Å². The minimum absolute atomic E-state index is 0.211. The van der Waals surface area contributed by atoms with Crippen LogP contribution in [0, 0.1) is 5.92 Å². The molecule has 0 aliphatic heterocycles. The van der Waals surface area contributed by atoms with Crippen LogP contribution in [0.5, 0.6) is 0 Å². The molecule has 2 N–H and O–H groups in total. The third kappa shape index (κ3) is 4.96. The molecule has 1 fully saturated rings. The van der Waals surface area contributed by atoms with Crippen molar-refractivity contribution in [3.63, 3.8) is 0 Å². The highest BCUT2D eigenvalue weighted by molar-refractivity contribution is 4.79. The van der Waals surface area contributed by atoms with Crippen LogP contribution in [0.25, 0.3) is 0 Å². The average Bonchev–Trinajstić information content (AvgIpc) is 2.61. The van der Waals surface area contributed by atoms with Gasteiger partial charge in [-0.2, -0.15) is 0 Å². The molecule has 0 aromatic rings. The molecule has 3 unspecified atom stereocenters. The largest absolute Gasteiger partial charge is 0.379 e. The Labute approximate surface area is 93.3 Å². The van der Waals surface area contributed by atoms with Gasteiger partial charge in [-0.3, -0.25) is 0 Å². The van der Waals surface area contributed by atoms with Gasteiger partial charge in [-0.1, -0.05) is 6.42 Å². The topological polar surface area (TPSA) is 44.5 Å². The molecule has 3 atom stereocenters. The van der Waals surface area contributed by atoms with E-state index in [1.807, 2.05) is 6.92 Å². The first-order valence-corrected chi connectivity index (χ1v) is 6.19. The van der Waals surface area contributed by atoms with Gasteiger partial charge in [0.2, 0.25) is 0 Å². The lowest BCUT2D eigenvalue weighted by atomic mass is 10.0. The molecular weight excluding hydrogens is 190 g/mol. The summed E-state index contributed by atoms with van der Waals surface area (Å²) in [4.78, 5) is 0. The predicted molar refractivity (Wildman–Crippen MR) is 61.8 cm³/mol. The van der Waals surface area contributed by atoms with E-state index in [0.29, 0.717) is 18.6 Å². The van der Waals surface area contributed by atoms with E-state index in [0.717, 1.165) is 19.6 Å². The van der Waals surface area contributed by atoms with E-state index in [9.17, 15) is 0 Å². The van der Waals surface area contributed by atoms with E-state index in [1.165, 1.54) is 19.3 Å². The van der Waals surface area contributed by atoms with Crippen molar-refractivity contribution in [1.82, 2.24) is 0 Å². The normalized spacial score (nSPS) is 28.2. The number of hydrogen-bond acceptors (Lipinski definition) is 3. The Morgan fingerprint density at radius 3 is 2.80 bits per heavy atom. The quantitative estimate of drug-likeness (QED) is 0.706. The van der Waals surface area contributed by atoms with E-state index in [1.54, 1.807) is 0 Å². The summed E-state index contributed by atoms with van der Waals surface area (Å²) in [5, 5.41) is 0. The second-order valence-corrected chi connectivity index (χ2v) is 4.48. The highest BCUT2D eigenvalue weighted by Crippen LogP contribution is 2.26. The van der Waals surface area contributed by atoms with Gasteiger partial charge in [0.05, 0.1) is 12.7 Å². The monoisotopic (exact) mass is 215 g/mol. The number of hydrogen-bond donors (Lipinski definition) is 1. The van der Waals surface area contributed by atoms with E-state index in [-0.39, 0.29) is 6.10 Å². The fourth-order valence-electron chi connectivity index (χ4n) is 2.18. The van der Waals surface area contributed by atoms with Gasteiger partial charge in [0.25, 0.3) is 0 Å². The first-order valence-electron chi connectivity index (χ1n) is 6.19. The van der Waals surface area contributed by atoms with Crippen LogP contribution in [0.3, 0.4) is 0 Å². The third-order valence-electron chi connectivity index (χ3n) is 3.17. The van der Waals surface area contributed by atoms with Crippen LogP contribution in [0.4, 0.5) is 0 Å². The van der Waals surface area contributed by atoms with Gasteiger partial charge in [-0.25, -0.2) is 0 Å². The van der Waals surface area contributed by atoms with Crippen molar-refractivity contribution in [2.45, 2.75) is 51.7 Å². The Balaban J connectivity index is 2.00. The summed E-state index contributed by atoms with van der Waals surface area (Å²) < 4.78 is 11.0. The summed E-state index contributed by atoms with van der Waals surface area (Å²) in [6.07, 6.45) is 5.09. The number of nitrogens with two attached hydrogens (primary N) is 1. The second kappa shape index (κ2) is 7.20. The minimum Gasteiger partial charge on any atom is -0.379 e. The van der Waals surface area contributed by atoms with Crippen molar-refractivity contribution in [2.75, 3.05) is 19.8 Å². The molecule has 0 heterocycles. The molecular formula is C12H25NO2. The summed E-state index contributed by atoms with van der Waals surface area (Å²) >= 11 is 0. The molecule has 3 heteroatoms. The maximum Gasteiger partial charge on any atom is 0.0780 e. The SMILES string of the molecule is CCOCC(C)OCCC1CCCC1N. The van der Waals surface area contributed by atoms with Crippen molar-refractivity contribution in [3.05, 3.63) is 0 Å². The lowest BCUT2D eigenvalue weighted by Gasteiger charge is -2.17. The first-order chi connectivity index (χ1) is 7.24. The smallest absolute Gasteiger partial charge is 0.0780 e. The molecule has 0 saturated heterocycles. The molecule has 1 aliphatic carbocycles. The van der Waals surface area contributed by atoms with E-state index in [4.69, 9.17) is 15.2 Å². The average molecular weight is 215 g/mol. The Kier molecular flexibility index (Phi) is 6.22. The molecule has 0 aromatic heterocycles. The van der Waals surface area contributed by atoms with Crippen molar-refractivity contribution in [3.8, 4) is 0 Å². The minimum atomic E-state index is 0.211. The van der Waals surface area contributed by atoms with Gasteiger partial charge < -0.3 is 15.2 Å². The Bertz CT molecular complexity index is 164. The number of ether oxygens (including phenoxy) is 2. The summed E-state index contributed by atoms with van der Waals surface area (Å²) in [5.74, 6) is 0.685. The maximum absolute atomic E-state index is 6.00. The Morgan fingerprint density at radius 2 is 2.20 bits per heavy atom. The third-order valence-corrected chi connectivity index (χ3v) is 3.17. The van der Waals surface area contributed by atoms with Crippen molar-refractivity contribution in [1.29, 1.82) is 0 Å². The molecule has 90 valence electrons. The van der Waals surface area contributed by atoms with Gasteiger partial charge >= 0.3 is 0 Å². The lowest BCUT2D eigenvalue weighted by molar-refractivity contribution is -0.00798. The van der Waals surface area contributed by atoms with Gasteiger partial charge in [-0.15, -0.1) is 0 Å². The molecule has 0 bridgehead atoms. The van der Waals surface area contributed by atoms with Crippen molar-refractivity contribution in [2.24, 2.45) is 11.7 Å². The van der Waals surface area contributed by atoms with Crippen LogP contribution in [-0.4, -0.2) is 32.0 Å². The van der Waals surface area contributed by atoms with Gasteiger partial charge in [0.15, 0.2) is 0 Å². The van der Waals surface area contributed by atoms with Crippen LogP contribution >= 0.6 is 0 Å². The zero-order valence-electron chi connectivity index (χ0n) is 10.1. The highest BCUT2D eigenvalue weighted by atomic mass is 16.5. The van der Waals surface area contributed by atoms with Crippen molar-refractivity contribution >= 4 is 0 Å². The molecule has 0 aromatic carbocycles. The zero-order chi connectivity index (χ0) is 11.1. The number of rotatable bonds is 7. The fraction of sp³-hybridized carbons (Fsp3) is 1.00. The summed E-state index contributed by atoms with van der Waals surface area (Å²) in [6.45, 7) is 6.36. The molecule has 1 aliphatic rings. The Hall–Kier alpha value is -0.120. The zero-order valence-corrected chi connectivity index (χ0v) is 10.1. The summed E-state index contributed by atoms with van der Waals surface area (Å²) in [6, 6.07) is 0.413. The predicted octanol–water partition coefficient (Wildman–Crippen LogP) is 1.95. The van der Waals surface area contributed by atoms with E-state index >= 15 is 0 Å². The van der Waals surface area contributed by atoms with Gasteiger partial charge in [0, 0.05) is 19.3 Å². The van der Waals surface area contributed by atoms with Crippen LogP contribution in [-0.2, 0) is 9.47 Å². The molecule has 15 heavy (non-hydrogen) atoms. The fourth-order valence-corrected chi connectivity index (χ4v) is 2.18. The standard InChI is InChI=1S/C12H25NO2/c1-3-14-9-10(2)15-8-7-11-5-4-6-12(11)13/h10-12H,3-9,13H2,1-2H3. The van der Waals surface area contributed by atoms with E-state index < -0.39 is 0 Å². The van der Waals surface area contributed by atoms with E-state index in [2.05, 4.69) is 6.92 Å². The molecule has 0 amide bonds. The van der Waals surface area contributed by atoms with Crippen LogP contribution in [0.1, 0.15) is 39.5 Å². The molecule has 3 nitrogen and oxygen atoms in total. The molecule has 0 radical (unpaired) electrons. The summed E-state index contributed by atoms with van der Waals surface area (Å²) in [7, 11) is 0. The summed E-state index contributed by atoms with van der Waals surface area (Å²) in [5.41, 5.74) is 6.00. The van der Waals surface area contributed by atoms with Crippen LogP contribution in [0.2, 0.25) is 0 Å². The Morgan fingerprint density at radius 1 is 1.40 bits per heavy atom. The second-order valence-electron chi connectivity index (χ2n) is 4.48. The maximum atomic E-state index is 6.00.